The molecule has 25 heavy (non-hydrogen) atoms. The predicted molar refractivity (Wildman–Crippen MR) is 103 cm³/mol. The van der Waals surface area contributed by atoms with Crippen LogP contribution in [-0.4, -0.2) is 16.1 Å². The van der Waals surface area contributed by atoms with Crippen molar-refractivity contribution in [3.05, 3.63) is 93.4 Å². The van der Waals surface area contributed by atoms with E-state index >= 15 is 0 Å². The van der Waals surface area contributed by atoms with Gasteiger partial charge in [-0.25, -0.2) is 0 Å². The molecule has 126 valence electrons. The number of thioether (sulfide) groups is 1. The van der Waals surface area contributed by atoms with E-state index in [1.165, 1.54) is 22.4 Å². The summed E-state index contributed by atoms with van der Waals surface area (Å²) < 4.78 is 1.48. The van der Waals surface area contributed by atoms with E-state index in [0.29, 0.717) is 26.7 Å². The normalized spacial score (nSPS) is 10.6. The number of rotatable bonds is 5. The van der Waals surface area contributed by atoms with Crippen molar-refractivity contribution in [1.82, 2.24) is 4.57 Å². The highest BCUT2D eigenvalue weighted by Gasteiger charge is 2.16. The average molecular weight is 370 g/mol. The maximum absolute atomic E-state index is 12.9. The highest BCUT2D eigenvalue weighted by atomic mass is 35.5. The summed E-state index contributed by atoms with van der Waals surface area (Å²) >= 11 is 7.41. The fraction of sp³-hybridized carbons (Fsp3) is 0.100. The Bertz CT molecular complexity index is 950. The molecule has 0 saturated heterocycles. The molecular formula is C20H16ClNO2S. The molecule has 0 aliphatic heterocycles. The van der Waals surface area contributed by atoms with Gasteiger partial charge >= 0.3 is 0 Å². The number of carbonyl (C=O) groups is 1. The van der Waals surface area contributed by atoms with Gasteiger partial charge in [-0.3, -0.25) is 14.2 Å². The summed E-state index contributed by atoms with van der Waals surface area (Å²) in [5, 5.41) is 0.593. The maximum atomic E-state index is 12.9. The first kappa shape index (κ1) is 17.5. The zero-order valence-corrected chi connectivity index (χ0v) is 15.2. The molecule has 0 radical (unpaired) electrons. The van der Waals surface area contributed by atoms with Crippen LogP contribution in [0.3, 0.4) is 0 Å². The van der Waals surface area contributed by atoms with Crippen LogP contribution in [0.1, 0.15) is 22.8 Å². The van der Waals surface area contributed by atoms with Crippen LogP contribution in [0.25, 0.3) is 5.69 Å². The third kappa shape index (κ3) is 3.86. The lowest BCUT2D eigenvalue weighted by Gasteiger charge is -2.12. The van der Waals surface area contributed by atoms with Crippen molar-refractivity contribution in [3.63, 3.8) is 0 Å². The van der Waals surface area contributed by atoms with Crippen molar-refractivity contribution in [1.29, 1.82) is 0 Å². The van der Waals surface area contributed by atoms with Crippen molar-refractivity contribution in [2.24, 2.45) is 0 Å². The lowest BCUT2D eigenvalue weighted by molar-refractivity contribution is 0.103. The second-order valence-electron chi connectivity index (χ2n) is 5.36. The molecule has 0 unspecified atom stereocenters. The van der Waals surface area contributed by atoms with E-state index in [1.54, 1.807) is 42.6 Å². The minimum Gasteiger partial charge on any atom is -0.289 e. The van der Waals surface area contributed by atoms with Crippen LogP contribution in [0.15, 0.2) is 76.6 Å². The van der Waals surface area contributed by atoms with Gasteiger partial charge in [0.25, 0.3) is 5.56 Å². The molecule has 0 N–H and O–H groups in total. The Balaban J connectivity index is 2.15. The van der Waals surface area contributed by atoms with Crippen molar-refractivity contribution in [3.8, 4) is 5.69 Å². The molecular weight excluding hydrogens is 354 g/mol. The molecule has 1 aromatic heterocycles. The second kappa shape index (κ2) is 7.72. The third-order valence-corrected chi connectivity index (χ3v) is 4.89. The second-order valence-corrected chi connectivity index (χ2v) is 7.11. The van der Waals surface area contributed by atoms with E-state index in [1.807, 2.05) is 25.1 Å². The lowest BCUT2D eigenvalue weighted by atomic mass is 10.0. The summed E-state index contributed by atoms with van der Waals surface area (Å²) in [6, 6.07) is 17.6. The summed E-state index contributed by atoms with van der Waals surface area (Å²) in [5.74, 6) is 0.679. The van der Waals surface area contributed by atoms with Crippen LogP contribution in [0.2, 0.25) is 5.02 Å². The Kier molecular flexibility index (Phi) is 5.41. The molecule has 2 aromatic carbocycles. The molecule has 1 heterocycles. The van der Waals surface area contributed by atoms with Crippen LogP contribution in [0, 0.1) is 0 Å². The standard InChI is InChI=1S/C20H16ClNO2S/c1-2-25-18-12-19(23)22(16-10-8-15(21)9-11-16)13-17(18)20(24)14-6-4-3-5-7-14/h3-13H,2H2,1H3. The van der Waals surface area contributed by atoms with Gasteiger partial charge in [0.2, 0.25) is 0 Å². The molecule has 3 rings (SSSR count). The molecule has 0 fully saturated rings. The smallest absolute Gasteiger partial charge is 0.256 e. The molecule has 3 nitrogen and oxygen atoms in total. The van der Waals surface area contributed by atoms with Crippen molar-refractivity contribution in [2.45, 2.75) is 11.8 Å². The van der Waals surface area contributed by atoms with Crippen LogP contribution in [0.5, 0.6) is 0 Å². The van der Waals surface area contributed by atoms with Gasteiger partial charge in [-0.05, 0) is 30.0 Å². The molecule has 0 bridgehead atoms. The number of nitrogens with zero attached hydrogens (tertiary/aromatic N) is 1. The van der Waals surface area contributed by atoms with E-state index in [0.717, 1.165) is 5.75 Å². The Hall–Kier alpha value is -2.30. The Morgan fingerprint density at radius 2 is 1.76 bits per heavy atom. The van der Waals surface area contributed by atoms with Crippen LogP contribution in [0.4, 0.5) is 0 Å². The number of halogens is 1. The first-order chi connectivity index (χ1) is 12.1. The summed E-state index contributed by atoms with van der Waals surface area (Å²) in [7, 11) is 0. The van der Waals surface area contributed by atoms with E-state index in [2.05, 4.69) is 0 Å². The van der Waals surface area contributed by atoms with E-state index in [9.17, 15) is 9.59 Å². The fourth-order valence-corrected chi connectivity index (χ4v) is 3.43. The zero-order valence-electron chi connectivity index (χ0n) is 13.6. The summed E-state index contributed by atoms with van der Waals surface area (Å²) in [6.45, 7) is 1.99. The van der Waals surface area contributed by atoms with Gasteiger partial charge < -0.3 is 0 Å². The van der Waals surface area contributed by atoms with Gasteiger partial charge in [-0.15, -0.1) is 11.8 Å². The first-order valence-corrected chi connectivity index (χ1v) is 9.21. The number of hydrogen-bond donors (Lipinski definition) is 0. The minimum absolute atomic E-state index is 0.0979. The monoisotopic (exact) mass is 369 g/mol. The van der Waals surface area contributed by atoms with Gasteiger partial charge in [-0.2, -0.15) is 0 Å². The first-order valence-electron chi connectivity index (χ1n) is 7.85. The molecule has 0 aliphatic carbocycles. The number of aromatic nitrogens is 1. The van der Waals surface area contributed by atoms with Gasteiger partial charge in [0, 0.05) is 33.4 Å². The van der Waals surface area contributed by atoms with Gasteiger partial charge in [0.1, 0.15) is 0 Å². The summed E-state index contributed by atoms with van der Waals surface area (Å²) in [4.78, 5) is 26.2. The highest BCUT2D eigenvalue weighted by Crippen LogP contribution is 2.24. The van der Waals surface area contributed by atoms with Crippen LogP contribution >= 0.6 is 23.4 Å². The quantitative estimate of drug-likeness (QED) is 0.477. The van der Waals surface area contributed by atoms with Crippen molar-refractivity contribution < 1.29 is 4.79 Å². The Labute approximate surface area is 155 Å². The molecule has 0 spiro atoms. The van der Waals surface area contributed by atoms with Crippen LogP contribution in [-0.2, 0) is 0 Å². The van der Waals surface area contributed by atoms with E-state index in [4.69, 9.17) is 11.6 Å². The zero-order chi connectivity index (χ0) is 17.8. The number of pyridine rings is 1. The fourth-order valence-electron chi connectivity index (χ4n) is 2.51. The van der Waals surface area contributed by atoms with Crippen molar-refractivity contribution in [2.75, 3.05) is 5.75 Å². The maximum Gasteiger partial charge on any atom is 0.256 e. The van der Waals surface area contributed by atoms with E-state index in [-0.39, 0.29) is 11.3 Å². The molecule has 0 atom stereocenters. The molecule has 3 aromatic rings. The molecule has 5 heteroatoms. The Morgan fingerprint density at radius 1 is 1.08 bits per heavy atom. The molecule has 0 amide bonds. The van der Waals surface area contributed by atoms with Gasteiger partial charge in [-0.1, -0.05) is 48.9 Å². The minimum atomic E-state index is -0.178. The average Bonchev–Trinajstić information content (AvgIpc) is 2.63. The Morgan fingerprint density at radius 3 is 2.40 bits per heavy atom. The largest absolute Gasteiger partial charge is 0.289 e. The van der Waals surface area contributed by atoms with Gasteiger partial charge in [0.15, 0.2) is 5.78 Å². The van der Waals surface area contributed by atoms with Crippen molar-refractivity contribution >= 4 is 29.1 Å². The number of hydrogen-bond acceptors (Lipinski definition) is 3. The topological polar surface area (TPSA) is 39.1 Å². The van der Waals surface area contributed by atoms with E-state index < -0.39 is 0 Å². The molecule has 0 aliphatic rings. The number of carbonyl (C=O) groups excluding carboxylic acids is 1. The summed E-state index contributed by atoms with van der Waals surface area (Å²) in [6.07, 6.45) is 1.62. The summed E-state index contributed by atoms with van der Waals surface area (Å²) in [5.41, 5.74) is 1.61. The third-order valence-electron chi connectivity index (χ3n) is 3.70. The highest BCUT2D eigenvalue weighted by molar-refractivity contribution is 7.99. The predicted octanol–water partition coefficient (Wildman–Crippen LogP) is 4.83. The van der Waals surface area contributed by atoms with Crippen LogP contribution < -0.4 is 5.56 Å². The number of benzene rings is 2. The molecule has 0 saturated carbocycles. The number of ketones is 1. The van der Waals surface area contributed by atoms with Gasteiger partial charge in [0.05, 0.1) is 5.56 Å². The lowest BCUT2D eigenvalue weighted by Crippen LogP contribution is -2.20. The SMILES string of the molecule is CCSc1cc(=O)n(-c2ccc(Cl)cc2)cc1C(=O)c1ccccc1.